The highest BCUT2D eigenvalue weighted by molar-refractivity contribution is 5.42. The molecular weight excluding hydrogens is 250 g/mol. The molecule has 0 bridgehead atoms. The average Bonchev–Trinajstić information content (AvgIpc) is 2.62. The van der Waals surface area contributed by atoms with E-state index in [0.29, 0.717) is 0 Å². The van der Waals surface area contributed by atoms with E-state index in [-0.39, 0.29) is 12.1 Å². The third kappa shape index (κ3) is 2.72. The molecule has 0 amide bonds. The summed E-state index contributed by atoms with van der Waals surface area (Å²) in [5, 5.41) is 13.7. The van der Waals surface area contributed by atoms with Crippen molar-refractivity contribution in [1.82, 2.24) is 14.7 Å². The molecule has 0 aliphatic heterocycles. The fraction of sp³-hybridized carbons (Fsp3) is 0.562. The predicted octanol–water partition coefficient (Wildman–Crippen LogP) is 2.43. The number of hydrogen-bond donors (Lipinski definition) is 2. The second kappa shape index (κ2) is 5.94. The van der Waals surface area contributed by atoms with Gasteiger partial charge in [-0.05, 0) is 31.9 Å². The molecule has 20 heavy (non-hydrogen) atoms. The molecule has 0 spiro atoms. The first-order valence-corrected chi connectivity index (χ1v) is 7.60. The van der Waals surface area contributed by atoms with Gasteiger partial charge >= 0.3 is 0 Å². The van der Waals surface area contributed by atoms with E-state index in [0.717, 1.165) is 37.1 Å². The minimum atomic E-state index is -0.211. The molecule has 2 aromatic heterocycles. The van der Waals surface area contributed by atoms with Crippen LogP contribution in [0.5, 0.6) is 0 Å². The van der Waals surface area contributed by atoms with Gasteiger partial charge < -0.3 is 14.8 Å². The van der Waals surface area contributed by atoms with Gasteiger partial charge in [0.2, 0.25) is 0 Å². The van der Waals surface area contributed by atoms with Gasteiger partial charge in [0.15, 0.2) is 0 Å². The van der Waals surface area contributed by atoms with Crippen LogP contribution in [0.25, 0.3) is 5.65 Å². The van der Waals surface area contributed by atoms with Gasteiger partial charge in [-0.25, -0.2) is 4.98 Å². The average molecular weight is 273 g/mol. The third-order valence-electron chi connectivity index (χ3n) is 4.34. The zero-order chi connectivity index (χ0) is 13.9. The molecule has 2 aromatic rings. The van der Waals surface area contributed by atoms with Gasteiger partial charge in [-0.1, -0.05) is 25.3 Å². The monoisotopic (exact) mass is 273 g/mol. The van der Waals surface area contributed by atoms with E-state index in [4.69, 9.17) is 0 Å². The molecule has 1 fully saturated rings. The van der Waals surface area contributed by atoms with E-state index < -0.39 is 0 Å². The summed E-state index contributed by atoms with van der Waals surface area (Å²) in [7, 11) is 0. The summed E-state index contributed by atoms with van der Waals surface area (Å²) in [5.41, 5.74) is 3.24. The zero-order valence-corrected chi connectivity index (χ0v) is 12.0. The Balaban J connectivity index is 1.74. The number of hydrogen-bond acceptors (Lipinski definition) is 3. The Hall–Kier alpha value is -1.39. The van der Waals surface area contributed by atoms with Crippen LogP contribution in [0.4, 0.5) is 0 Å². The van der Waals surface area contributed by atoms with Crippen LogP contribution >= 0.6 is 0 Å². The molecular formula is C16H23N3O. The van der Waals surface area contributed by atoms with E-state index in [2.05, 4.69) is 20.9 Å². The number of imidazole rings is 1. The molecule has 0 saturated heterocycles. The summed E-state index contributed by atoms with van der Waals surface area (Å²) in [4.78, 5) is 4.57. The molecule has 4 nitrogen and oxygen atoms in total. The van der Waals surface area contributed by atoms with Gasteiger partial charge in [0.05, 0.1) is 17.5 Å². The lowest BCUT2D eigenvalue weighted by atomic mass is 10.1. The molecule has 0 aromatic carbocycles. The summed E-state index contributed by atoms with van der Waals surface area (Å²) >= 11 is 0. The first-order valence-electron chi connectivity index (χ1n) is 7.60. The fourth-order valence-corrected chi connectivity index (χ4v) is 3.13. The standard InChI is InChI=1S/C16H23N3O/c1-12-14(19-10-6-5-9-16(19)18-12)11-17-13-7-3-2-4-8-15(13)20/h5-6,9-10,13,15,17,20H,2-4,7-8,11H2,1H3. The molecule has 1 aliphatic carbocycles. The zero-order valence-electron chi connectivity index (χ0n) is 12.0. The van der Waals surface area contributed by atoms with Crippen molar-refractivity contribution in [2.45, 2.75) is 57.7 Å². The molecule has 2 N–H and O–H groups in total. The Bertz CT molecular complexity index is 578. The Kier molecular flexibility index (Phi) is 4.03. The summed E-state index contributed by atoms with van der Waals surface area (Å²) in [5.74, 6) is 0. The number of aryl methyl sites for hydroxylation is 1. The normalized spacial score (nSPS) is 23.9. The Labute approximate surface area is 119 Å². The second-order valence-corrected chi connectivity index (χ2v) is 5.77. The van der Waals surface area contributed by atoms with Gasteiger partial charge in [-0.2, -0.15) is 0 Å². The minimum absolute atomic E-state index is 0.211. The Morgan fingerprint density at radius 1 is 1.30 bits per heavy atom. The number of aliphatic hydroxyl groups excluding tert-OH is 1. The fourth-order valence-electron chi connectivity index (χ4n) is 3.13. The van der Waals surface area contributed by atoms with Gasteiger partial charge in [-0.15, -0.1) is 0 Å². The number of aliphatic hydroxyl groups is 1. The van der Waals surface area contributed by atoms with E-state index >= 15 is 0 Å². The number of nitrogens with one attached hydrogen (secondary N) is 1. The maximum absolute atomic E-state index is 10.2. The number of pyridine rings is 1. The van der Waals surface area contributed by atoms with Crippen molar-refractivity contribution in [2.75, 3.05) is 0 Å². The van der Waals surface area contributed by atoms with Crippen LogP contribution < -0.4 is 5.32 Å². The van der Waals surface area contributed by atoms with Crippen LogP contribution in [0.15, 0.2) is 24.4 Å². The van der Waals surface area contributed by atoms with Crippen LogP contribution in [0, 0.1) is 6.92 Å². The summed E-state index contributed by atoms with van der Waals surface area (Å²) in [6, 6.07) is 6.27. The lowest BCUT2D eigenvalue weighted by Gasteiger charge is -2.21. The second-order valence-electron chi connectivity index (χ2n) is 5.77. The Morgan fingerprint density at radius 2 is 2.15 bits per heavy atom. The molecule has 2 unspecified atom stereocenters. The van der Waals surface area contributed by atoms with Gasteiger partial charge in [-0.3, -0.25) is 0 Å². The van der Waals surface area contributed by atoms with Crippen molar-refractivity contribution in [2.24, 2.45) is 0 Å². The number of rotatable bonds is 3. The van der Waals surface area contributed by atoms with Crippen molar-refractivity contribution in [1.29, 1.82) is 0 Å². The van der Waals surface area contributed by atoms with Crippen LogP contribution in [0.3, 0.4) is 0 Å². The van der Waals surface area contributed by atoms with Crippen molar-refractivity contribution < 1.29 is 5.11 Å². The maximum Gasteiger partial charge on any atom is 0.137 e. The van der Waals surface area contributed by atoms with Gasteiger partial charge in [0.1, 0.15) is 5.65 Å². The van der Waals surface area contributed by atoms with E-state index in [1.807, 2.05) is 25.1 Å². The molecule has 2 atom stereocenters. The number of nitrogens with zero attached hydrogens (tertiary/aromatic N) is 2. The van der Waals surface area contributed by atoms with E-state index in [1.54, 1.807) is 0 Å². The molecule has 2 heterocycles. The maximum atomic E-state index is 10.2. The molecule has 1 aliphatic rings. The Morgan fingerprint density at radius 3 is 3.05 bits per heavy atom. The van der Waals surface area contributed by atoms with Crippen molar-refractivity contribution >= 4 is 5.65 Å². The molecule has 3 rings (SSSR count). The SMILES string of the molecule is Cc1nc2ccccn2c1CNC1CCCCCC1O. The molecule has 108 valence electrons. The highest BCUT2D eigenvalue weighted by Crippen LogP contribution is 2.19. The molecule has 4 heteroatoms. The van der Waals surface area contributed by atoms with Crippen LogP contribution in [0.2, 0.25) is 0 Å². The summed E-state index contributed by atoms with van der Waals surface area (Å²) in [6.45, 7) is 2.81. The third-order valence-corrected chi connectivity index (χ3v) is 4.34. The number of aromatic nitrogens is 2. The van der Waals surface area contributed by atoms with Crippen molar-refractivity contribution in [3.05, 3.63) is 35.8 Å². The first-order chi connectivity index (χ1) is 9.75. The predicted molar refractivity (Wildman–Crippen MR) is 79.6 cm³/mol. The van der Waals surface area contributed by atoms with Crippen molar-refractivity contribution in [3.63, 3.8) is 0 Å². The minimum Gasteiger partial charge on any atom is -0.392 e. The highest BCUT2D eigenvalue weighted by atomic mass is 16.3. The lowest BCUT2D eigenvalue weighted by Crippen LogP contribution is -2.38. The quantitative estimate of drug-likeness (QED) is 0.844. The molecule has 0 radical (unpaired) electrons. The summed E-state index contributed by atoms with van der Waals surface area (Å²) < 4.78 is 2.13. The number of fused-ring (bicyclic) bond motifs is 1. The smallest absolute Gasteiger partial charge is 0.137 e. The summed E-state index contributed by atoms with van der Waals surface area (Å²) in [6.07, 6.45) is 7.42. The van der Waals surface area contributed by atoms with Gasteiger partial charge in [0, 0.05) is 18.8 Å². The van der Waals surface area contributed by atoms with Crippen LogP contribution in [-0.4, -0.2) is 26.6 Å². The topological polar surface area (TPSA) is 49.6 Å². The lowest BCUT2D eigenvalue weighted by molar-refractivity contribution is 0.119. The van der Waals surface area contributed by atoms with E-state index in [9.17, 15) is 5.11 Å². The van der Waals surface area contributed by atoms with Crippen LogP contribution in [-0.2, 0) is 6.54 Å². The van der Waals surface area contributed by atoms with Crippen molar-refractivity contribution in [3.8, 4) is 0 Å². The van der Waals surface area contributed by atoms with E-state index in [1.165, 1.54) is 18.5 Å². The highest BCUT2D eigenvalue weighted by Gasteiger charge is 2.21. The largest absolute Gasteiger partial charge is 0.392 e. The molecule has 1 saturated carbocycles. The van der Waals surface area contributed by atoms with Gasteiger partial charge in [0.25, 0.3) is 0 Å². The van der Waals surface area contributed by atoms with Crippen LogP contribution in [0.1, 0.15) is 43.5 Å². The first kappa shape index (κ1) is 13.6.